The third-order valence-corrected chi connectivity index (χ3v) is 4.31. The van der Waals surface area contributed by atoms with Gasteiger partial charge in [0.15, 0.2) is 0 Å². The Morgan fingerprint density at radius 3 is 2.92 bits per heavy atom. The molecule has 126 valence electrons. The van der Waals surface area contributed by atoms with Crippen LogP contribution >= 0.6 is 0 Å². The van der Waals surface area contributed by atoms with E-state index in [-0.39, 0.29) is 0 Å². The van der Waals surface area contributed by atoms with E-state index in [1.807, 2.05) is 30.3 Å². The number of ether oxygens (including phenoxy) is 1. The first-order valence-corrected chi connectivity index (χ1v) is 8.35. The van der Waals surface area contributed by atoms with Crippen molar-refractivity contribution in [1.29, 1.82) is 0 Å². The normalized spacial score (nSPS) is 11.1. The molecular weight excluding hydrogens is 314 g/mol. The number of H-pyrrole nitrogens is 1. The molecule has 0 radical (unpaired) electrons. The number of para-hydroxylation sites is 1. The number of aryl methyl sites for hydroxylation is 2. The molecule has 0 bridgehead atoms. The number of hydrogen-bond donors (Lipinski definition) is 1. The maximum atomic E-state index is 5.39. The second-order valence-corrected chi connectivity index (χ2v) is 5.96. The standard InChI is InChI=1S/C20H19N3O2/c1-24-16-8-4-6-14(12-16)20-22-19(25-23-20)11-5-7-15-13-21-18-10-3-2-9-17(15)18/h2-4,6,8-10,12-13,21H,5,7,11H2,1H3. The molecule has 0 amide bonds. The fraction of sp³-hybridized carbons (Fsp3) is 0.200. The van der Waals surface area contributed by atoms with E-state index >= 15 is 0 Å². The van der Waals surface area contributed by atoms with Gasteiger partial charge in [-0.1, -0.05) is 35.5 Å². The van der Waals surface area contributed by atoms with Gasteiger partial charge in [0.25, 0.3) is 0 Å². The molecule has 1 N–H and O–H groups in total. The van der Waals surface area contributed by atoms with Gasteiger partial charge in [-0.05, 0) is 36.6 Å². The molecule has 5 nitrogen and oxygen atoms in total. The smallest absolute Gasteiger partial charge is 0.226 e. The van der Waals surface area contributed by atoms with Crippen LogP contribution in [0.2, 0.25) is 0 Å². The van der Waals surface area contributed by atoms with Gasteiger partial charge in [0.2, 0.25) is 11.7 Å². The molecule has 25 heavy (non-hydrogen) atoms. The molecule has 0 aliphatic heterocycles. The Bertz CT molecular complexity index is 987. The van der Waals surface area contributed by atoms with E-state index in [0.717, 1.165) is 30.6 Å². The predicted molar refractivity (Wildman–Crippen MR) is 96.6 cm³/mol. The molecule has 0 saturated heterocycles. The lowest BCUT2D eigenvalue weighted by Gasteiger charge is -2.00. The van der Waals surface area contributed by atoms with Crippen LogP contribution in [0.4, 0.5) is 0 Å². The minimum Gasteiger partial charge on any atom is -0.497 e. The summed E-state index contributed by atoms with van der Waals surface area (Å²) in [6.07, 6.45) is 4.78. The average molecular weight is 333 g/mol. The predicted octanol–water partition coefficient (Wildman–Crippen LogP) is 4.40. The molecule has 4 aromatic rings. The van der Waals surface area contributed by atoms with Gasteiger partial charge in [-0.2, -0.15) is 4.98 Å². The van der Waals surface area contributed by atoms with Crippen LogP contribution in [0.1, 0.15) is 17.9 Å². The number of benzene rings is 2. The summed E-state index contributed by atoms with van der Waals surface area (Å²) < 4.78 is 10.6. The van der Waals surface area contributed by atoms with Crippen molar-refractivity contribution < 1.29 is 9.26 Å². The van der Waals surface area contributed by atoms with Gasteiger partial charge in [-0.15, -0.1) is 0 Å². The SMILES string of the molecule is COc1cccc(-c2noc(CCCc3c[nH]c4ccccc34)n2)c1. The molecule has 0 aliphatic rings. The second-order valence-electron chi connectivity index (χ2n) is 5.96. The van der Waals surface area contributed by atoms with Gasteiger partial charge in [-0.25, -0.2) is 0 Å². The molecular formula is C20H19N3O2. The summed E-state index contributed by atoms with van der Waals surface area (Å²) in [7, 11) is 1.64. The van der Waals surface area contributed by atoms with Crippen LogP contribution in [-0.4, -0.2) is 22.2 Å². The maximum absolute atomic E-state index is 5.39. The highest BCUT2D eigenvalue weighted by Crippen LogP contribution is 2.22. The molecule has 0 spiro atoms. The third-order valence-electron chi connectivity index (χ3n) is 4.31. The topological polar surface area (TPSA) is 63.9 Å². The van der Waals surface area contributed by atoms with Crippen molar-refractivity contribution in [3.63, 3.8) is 0 Å². The van der Waals surface area contributed by atoms with Crippen LogP contribution in [0.3, 0.4) is 0 Å². The third kappa shape index (κ3) is 3.26. The number of methoxy groups -OCH3 is 1. The molecule has 2 aromatic carbocycles. The maximum Gasteiger partial charge on any atom is 0.226 e. The number of aromatic nitrogens is 3. The second kappa shape index (κ2) is 6.81. The first-order valence-electron chi connectivity index (χ1n) is 8.35. The van der Waals surface area contributed by atoms with Gasteiger partial charge in [0, 0.05) is 29.1 Å². The summed E-state index contributed by atoms with van der Waals surface area (Å²) >= 11 is 0. The Morgan fingerprint density at radius 1 is 1.08 bits per heavy atom. The van der Waals surface area contributed by atoms with Crippen LogP contribution < -0.4 is 4.74 Å². The van der Waals surface area contributed by atoms with Crippen molar-refractivity contribution in [2.45, 2.75) is 19.3 Å². The van der Waals surface area contributed by atoms with Gasteiger partial charge in [0.1, 0.15) is 5.75 Å². The van der Waals surface area contributed by atoms with Crippen LogP contribution in [0, 0.1) is 0 Å². The van der Waals surface area contributed by atoms with E-state index < -0.39 is 0 Å². The lowest BCUT2D eigenvalue weighted by molar-refractivity contribution is 0.376. The highest BCUT2D eigenvalue weighted by Gasteiger charge is 2.10. The molecule has 0 fully saturated rings. The average Bonchev–Trinajstić information content (AvgIpc) is 3.29. The molecule has 5 heteroatoms. The number of fused-ring (bicyclic) bond motifs is 1. The van der Waals surface area contributed by atoms with E-state index in [9.17, 15) is 0 Å². The van der Waals surface area contributed by atoms with Crippen LogP contribution in [-0.2, 0) is 12.8 Å². The fourth-order valence-corrected chi connectivity index (χ4v) is 3.00. The fourth-order valence-electron chi connectivity index (χ4n) is 3.00. The van der Waals surface area contributed by atoms with Crippen molar-refractivity contribution in [2.75, 3.05) is 7.11 Å². The number of rotatable bonds is 6. The molecule has 2 heterocycles. The number of nitrogens with zero attached hydrogens (tertiary/aromatic N) is 2. The summed E-state index contributed by atoms with van der Waals surface area (Å²) in [5.74, 6) is 2.04. The van der Waals surface area contributed by atoms with Gasteiger partial charge < -0.3 is 14.2 Å². The van der Waals surface area contributed by atoms with E-state index in [1.165, 1.54) is 16.5 Å². The summed E-state index contributed by atoms with van der Waals surface area (Å²) in [5, 5.41) is 5.36. The largest absolute Gasteiger partial charge is 0.497 e. The van der Waals surface area contributed by atoms with Gasteiger partial charge in [-0.3, -0.25) is 0 Å². The summed E-state index contributed by atoms with van der Waals surface area (Å²) in [4.78, 5) is 7.81. The van der Waals surface area contributed by atoms with Crippen LogP contribution in [0.5, 0.6) is 5.75 Å². The zero-order valence-corrected chi connectivity index (χ0v) is 14.0. The van der Waals surface area contributed by atoms with Crippen molar-refractivity contribution >= 4 is 10.9 Å². The van der Waals surface area contributed by atoms with Crippen LogP contribution in [0.25, 0.3) is 22.3 Å². The number of nitrogens with one attached hydrogen (secondary N) is 1. The molecule has 0 unspecified atom stereocenters. The molecule has 0 aliphatic carbocycles. The Kier molecular flexibility index (Phi) is 4.21. The molecule has 0 saturated carbocycles. The van der Waals surface area contributed by atoms with Crippen molar-refractivity contribution in [2.24, 2.45) is 0 Å². The van der Waals surface area contributed by atoms with E-state index in [1.54, 1.807) is 7.11 Å². The van der Waals surface area contributed by atoms with Crippen molar-refractivity contribution in [1.82, 2.24) is 15.1 Å². The zero-order chi connectivity index (χ0) is 17.1. The number of aromatic amines is 1. The first kappa shape index (κ1) is 15.4. The lowest BCUT2D eigenvalue weighted by Crippen LogP contribution is -1.90. The minimum atomic E-state index is 0.598. The Balaban J connectivity index is 1.41. The summed E-state index contributed by atoms with van der Waals surface area (Å²) in [5.41, 5.74) is 3.39. The minimum absolute atomic E-state index is 0.598. The zero-order valence-electron chi connectivity index (χ0n) is 14.0. The Morgan fingerprint density at radius 2 is 2.00 bits per heavy atom. The Hall–Kier alpha value is -3.08. The van der Waals surface area contributed by atoms with Crippen molar-refractivity contribution in [3.05, 3.63) is 66.2 Å². The molecule has 0 atom stereocenters. The Labute approximate surface area is 145 Å². The lowest BCUT2D eigenvalue weighted by atomic mass is 10.1. The first-order chi connectivity index (χ1) is 12.3. The van der Waals surface area contributed by atoms with E-state index in [0.29, 0.717) is 11.7 Å². The van der Waals surface area contributed by atoms with Crippen LogP contribution in [0.15, 0.2) is 59.3 Å². The highest BCUT2D eigenvalue weighted by atomic mass is 16.5. The van der Waals surface area contributed by atoms with E-state index in [2.05, 4.69) is 39.5 Å². The van der Waals surface area contributed by atoms with Gasteiger partial charge in [0.05, 0.1) is 7.11 Å². The summed E-state index contributed by atoms with van der Waals surface area (Å²) in [6, 6.07) is 16.0. The number of hydrogen-bond acceptors (Lipinski definition) is 4. The van der Waals surface area contributed by atoms with Crippen molar-refractivity contribution in [3.8, 4) is 17.1 Å². The monoisotopic (exact) mass is 333 g/mol. The quantitative estimate of drug-likeness (QED) is 0.568. The highest BCUT2D eigenvalue weighted by molar-refractivity contribution is 5.83. The molecule has 2 aromatic heterocycles. The molecule has 4 rings (SSSR count). The van der Waals surface area contributed by atoms with E-state index in [4.69, 9.17) is 9.26 Å². The van der Waals surface area contributed by atoms with Gasteiger partial charge >= 0.3 is 0 Å². The summed E-state index contributed by atoms with van der Waals surface area (Å²) in [6.45, 7) is 0.